The first kappa shape index (κ1) is 18.7. The molecule has 1 aliphatic carbocycles. The predicted molar refractivity (Wildman–Crippen MR) is 109 cm³/mol. The van der Waals surface area contributed by atoms with Crippen LogP contribution in [0.5, 0.6) is 0 Å². The van der Waals surface area contributed by atoms with E-state index in [-0.39, 0.29) is 12.0 Å². The van der Waals surface area contributed by atoms with Gasteiger partial charge in [-0.3, -0.25) is 0 Å². The first-order chi connectivity index (χ1) is 13.5. The molecule has 0 bridgehead atoms. The quantitative estimate of drug-likeness (QED) is 0.704. The van der Waals surface area contributed by atoms with Gasteiger partial charge in [0.1, 0.15) is 5.82 Å². The van der Waals surface area contributed by atoms with Crippen molar-refractivity contribution in [3.05, 3.63) is 35.0 Å². The number of nitrogens with zero attached hydrogens (tertiary/aromatic N) is 3. The van der Waals surface area contributed by atoms with Gasteiger partial charge < -0.3 is 20.3 Å². The van der Waals surface area contributed by atoms with Gasteiger partial charge >= 0.3 is 7.12 Å². The van der Waals surface area contributed by atoms with Gasteiger partial charge in [0, 0.05) is 23.5 Å². The zero-order valence-electron chi connectivity index (χ0n) is 16.2. The minimum Gasteiger partial charge on any atom is -0.423 e. The summed E-state index contributed by atoms with van der Waals surface area (Å²) < 4.78 is 5.31. The molecule has 1 saturated carbocycles. The van der Waals surface area contributed by atoms with Crippen LogP contribution < -0.4 is 16.1 Å². The summed E-state index contributed by atoms with van der Waals surface area (Å²) in [7, 11) is -0.848. The lowest BCUT2D eigenvalue weighted by molar-refractivity contribution is 0.275. The number of benzene rings is 1. The molecule has 2 heterocycles. The van der Waals surface area contributed by atoms with Crippen LogP contribution in [-0.2, 0) is 11.3 Å². The molecular formula is C20H24BN5O2. The van der Waals surface area contributed by atoms with Crippen LogP contribution in [-0.4, -0.2) is 28.2 Å². The van der Waals surface area contributed by atoms with Gasteiger partial charge in [0.15, 0.2) is 0 Å². The molecule has 0 spiro atoms. The van der Waals surface area contributed by atoms with Crippen LogP contribution >= 0.6 is 0 Å². The molecule has 8 heteroatoms. The van der Waals surface area contributed by atoms with Crippen LogP contribution in [0.1, 0.15) is 42.4 Å². The van der Waals surface area contributed by atoms with Crippen molar-refractivity contribution in [2.24, 2.45) is 5.92 Å². The molecule has 144 valence electrons. The van der Waals surface area contributed by atoms with Crippen molar-refractivity contribution in [2.75, 3.05) is 10.6 Å². The maximum absolute atomic E-state index is 9.91. The van der Waals surface area contributed by atoms with Gasteiger partial charge in [-0.25, -0.2) is 4.98 Å². The lowest BCUT2D eigenvalue weighted by Gasteiger charge is -2.28. The van der Waals surface area contributed by atoms with Gasteiger partial charge in [-0.2, -0.15) is 10.2 Å². The van der Waals surface area contributed by atoms with Crippen LogP contribution in [0.3, 0.4) is 0 Å². The van der Waals surface area contributed by atoms with Gasteiger partial charge in [-0.1, -0.05) is 12.8 Å². The zero-order valence-corrected chi connectivity index (χ0v) is 16.2. The highest BCUT2D eigenvalue weighted by Gasteiger charge is 2.29. The lowest BCUT2D eigenvalue weighted by Crippen LogP contribution is -2.32. The van der Waals surface area contributed by atoms with E-state index in [9.17, 15) is 10.3 Å². The first-order valence-electron chi connectivity index (χ1n) is 9.75. The van der Waals surface area contributed by atoms with Crippen LogP contribution in [0.25, 0.3) is 0 Å². The average molecular weight is 377 g/mol. The molecule has 1 fully saturated rings. The van der Waals surface area contributed by atoms with E-state index in [1.54, 1.807) is 6.20 Å². The van der Waals surface area contributed by atoms with Crippen LogP contribution in [0.15, 0.2) is 18.3 Å². The fourth-order valence-corrected chi connectivity index (χ4v) is 4.08. The largest absolute Gasteiger partial charge is 0.492 e. The Morgan fingerprint density at radius 1 is 1.25 bits per heavy atom. The number of aryl methyl sites for hydroxylation is 2. The number of aromatic nitrogens is 2. The number of hydrogen-bond donors (Lipinski definition) is 3. The highest BCUT2D eigenvalue weighted by atomic mass is 16.5. The maximum atomic E-state index is 9.91. The molecule has 3 N–H and O–H groups in total. The second-order valence-corrected chi connectivity index (χ2v) is 7.65. The summed E-state index contributed by atoms with van der Waals surface area (Å²) in [5.41, 5.74) is 4.59. The van der Waals surface area contributed by atoms with E-state index in [0.717, 1.165) is 59.3 Å². The van der Waals surface area contributed by atoms with Crippen LogP contribution in [0.2, 0.25) is 0 Å². The van der Waals surface area contributed by atoms with E-state index in [1.807, 2.05) is 26.0 Å². The van der Waals surface area contributed by atoms with Crippen molar-refractivity contribution in [3.63, 3.8) is 0 Å². The van der Waals surface area contributed by atoms with Gasteiger partial charge in [-0.15, -0.1) is 0 Å². The highest BCUT2D eigenvalue weighted by Crippen LogP contribution is 2.28. The maximum Gasteiger partial charge on any atom is 0.492 e. The van der Waals surface area contributed by atoms with Crippen LogP contribution in [0.4, 0.5) is 17.5 Å². The lowest BCUT2D eigenvalue weighted by atomic mass is 9.76. The van der Waals surface area contributed by atoms with Crippen molar-refractivity contribution < 1.29 is 9.68 Å². The molecule has 0 saturated heterocycles. The van der Waals surface area contributed by atoms with Crippen molar-refractivity contribution in [2.45, 2.75) is 52.2 Å². The SMILES string of the molecule is Cc1cnc(Nc2cc(C)c3c(c2)COB3O)nc1NC1CCCCC1C#N. The average Bonchev–Trinajstić information content (AvgIpc) is 3.06. The molecule has 1 aliphatic heterocycles. The van der Waals surface area contributed by atoms with Crippen molar-refractivity contribution >= 4 is 30.0 Å². The van der Waals surface area contributed by atoms with E-state index >= 15 is 0 Å². The zero-order chi connectivity index (χ0) is 19.7. The van der Waals surface area contributed by atoms with Crippen molar-refractivity contribution in [3.8, 4) is 6.07 Å². The molecule has 28 heavy (non-hydrogen) atoms. The number of nitrogens with one attached hydrogen (secondary N) is 2. The number of fused-ring (bicyclic) bond motifs is 1. The summed E-state index contributed by atoms with van der Waals surface area (Å²) in [4.78, 5) is 9.04. The third kappa shape index (κ3) is 3.68. The fourth-order valence-electron chi connectivity index (χ4n) is 4.08. The molecular weight excluding hydrogens is 353 g/mol. The van der Waals surface area contributed by atoms with Gasteiger partial charge in [0.25, 0.3) is 0 Å². The Labute approximate surface area is 165 Å². The Kier molecular flexibility index (Phi) is 5.20. The molecule has 2 aromatic rings. The van der Waals surface area contributed by atoms with Gasteiger partial charge in [0.05, 0.1) is 18.6 Å². The Morgan fingerprint density at radius 3 is 2.89 bits per heavy atom. The number of nitriles is 1. The number of anilines is 3. The number of hydrogen-bond acceptors (Lipinski definition) is 7. The minimum absolute atomic E-state index is 0.0188. The fraction of sp³-hybridized carbons (Fsp3) is 0.450. The molecule has 7 nitrogen and oxygen atoms in total. The Hall–Kier alpha value is -2.63. The van der Waals surface area contributed by atoms with Gasteiger partial charge in [-0.05, 0) is 55.4 Å². The van der Waals surface area contributed by atoms with E-state index in [2.05, 4.69) is 26.7 Å². The molecule has 4 rings (SSSR count). The van der Waals surface area contributed by atoms with E-state index in [1.165, 1.54) is 0 Å². The second-order valence-electron chi connectivity index (χ2n) is 7.65. The summed E-state index contributed by atoms with van der Waals surface area (Å²) in [5, 5.41) is 26.0. The molecule has 2 atom stereocenters. The van der Waals surface area contributed by atoms with Gasteiger partial charge in [0.2, 0.25) is 5.95 Å². The monoisotopic (exact) mass is 377 g/mol. The Bertz CT molecular complexity index is 930. The summed E-state index contributed by atoms with van der Waals surface area (Å²) >= 11 is 0. The van der Waals surface area contributed by atoms with Crippen molar-refractivity contribution in [1.29, 1.82) is 5.26 Å². The van der Waals surface area contributed by atoms with Crippen LogP contribution in [0, 0.1) is 31.1 Å². The molecule has 0 amide bonds. The molecule has 1 aromatic heterocycles. The summed E-state index contributed by atoms with van der Waals surface area (Å²) in [6.07, 6.45) is 5.95. The normalized spacial score (nSPS) is 21.1. The number of rotatable bonds is 4. The topological polar surface area (TPSA) is 103 Å². The summed E-state index contributed by atoms with van der Waals surface area (Å²) in [6.45, 7) is 4.32. The highest BCUT2D eigenvalue weighted by molar-refractivity contribution is 6.62. The second kappa shape index (κ2) is 7.78. The minimum atomic E-state index is -0.848. The smallest absolute Gasteiger partial charge is 0.423 e. The molecule has 2 aliphatic rings. The molecule has 1 aromatic carbocycles. The standard InChI is InChI=1S/C20H24BN5O2/c1-12-7-16(8-15-11-28-21(27)18(12)15)24-20-23-10-13(2)19(26-20)25-17-6-4-3-5-14(17)9-22/h7-8,10,14,17,27H,3-6,11H2,1-2H3,(H2,23,24,25,26). The molecule has 0 radical (unpaired) electrons. The molecule has 2 unspecified atom stereocenters. The third-order valence-electron chi connectivity index (χ3n) is 5.60. The Morgan fingerprint density at radius 2 is 2.07 bits per heavy atom. The van der Waals surface area contributed by atoms with E-state index in [4.69, 9.17) is 4.65 Å². The van der Waals surface area contributed by atoms with Crippen molar-refractivity contribution in [1.82, 2.24) is 9.97 Å². The predicted octanol–water partition coefficient (Wildman–Crippen LogP) is 2.55. The summed E-state index contributed by atoms with van der Waals surface area (Å²) in [5.74, 6) is 1.28. The summed E-state index contributed by atoms with van der Waals surface area (Å²) in [6, 6.07) is 6.47. The van der Waals surface area contributed by atoms with E-state index < -0.39 is 7.12 Å². The first-order valence-corrected chi connectivity index (χ1v) is 9.75. The third-order valence-corrected chi connectivity index (χ3v) is 5.60. The Balaban J connectivity index is 1.55. The van der Waals surface area contributed by atoms with E-state index in [0.29, 0.717) is 12.6 Å².